The summed E-state index contributed by atoms with van der Waals surface area (Å²) in [4.78, 5) is 0. The van der Waals surface area contributed by atoms with E-state index in [0.717, 1.165) is 12.8 Å². The van der Waals surface area contributed by atoms with Gasteiger partial charge in [-0.1, -0.05) is 12.8 Å². The number of nitrogens with one attached hydrogen (secondary N) is 1. The van der Waals surface area contributed by atoms with Crippen molar-refractivity contribution in [3.05, 3.63) is 0 Å². The van der Waals surface area contributed by atoms with Crippen LogP contribution in [0.15, 0.2) is 0 Å². The molecule has 0 saturated heterocycles. The van der Waals surface area contributed by atoms with Crippen molar-refractivity contribution in [2.24, 2.45) is 0 Å². The van der Waals surface area contributed by atoms with E-state index in [4.69, 9.17) is 10.00 Å². The first kappa shape index (κ1) is 9.95. The van der Waals surface area contributed by atoms with Gasteiger partial charge in [-0.15, -0.1) is 0 Å². The Bertz CT molecular complexity index is 234. The molecule has 0 radical (unpaired) electrons. The highest BCUT2D eigenvalue weighted by atomic mass is 16.5. The van der Waals surface area contributed by atoms with Gasteiger partial charge in [0.1, 0.15) is 5.54 Å². The number of hydrogen-bond donors (Lipinski definition) is 1. The standard InChI is InChI=1S/C11H18N2O/c1-14-10-6-11(7-10,8-12)13-9-4-2-3-5-9/h9-10,13H,2-7H2,1H3. The Morgan fingerprint density at radius 2 is 2.00 bits per heavy atom. The number of nitriles is 1. The molecule has 2 aliphatic carbocycles. The molecule has 0 aromatic heterocycles. The summed E-state index contributed by atoms with van der Waals surface area (Å²) < 4.78 is 5.22. The van der Waals surface area contributed by atoms with Crippen molar-refractivity contribution in [3.63, 3.8) is 0 Å². The van der Waals surface area contributed by atoms with Crippen LogP contribution in [0.1, 0.15) is 38.5 Å². The zero-order chi connectivity index (χ0) is 10.0. The number of hydrogen-bond acceptors (Lipinski definition) is 3. The smallest absolute Gasteiger partial charge is 0.111 e. The highest BCUT2D eigenvalue weighted by Gasteiger charge is 2.46. The van der Waals surface area contributed by atoms with Gasteiger partial charge in [-0.3, -0.25) is 5.32 Å². The van der Waals surface area contributed by atoms with Crippen LogP contribution in [0.4, 0.5) is 0 Å². The summed E-state index contributed by atoms with van der Waals surface area (Å²) in [6.07, 6.45) is 7.11. The van der Waals surface area contributed by atoms with Crippen LogP contribution in [-0.2, 0) is 4.74 Å². The van der Waals surface area contributed by atoms with E-state index in [1.165, 1.54) is 25.7 Å². The van der Waals surface area contributed by atoms with E-state index in [0.29, 0.717) is 12.1 Å². The predicted molar refractivity (Wildman–Crippen MR) is 53.8 cm³/mol. The molecule has 2 fully saturated rings. The highest BCUT2D eigenvalue weighted by Crippen LogP contribution is 2.35. The minimum atomic E-state index is -0.268. The Hall–Kier alpha value is -0.590. The largest absolute Gasteiger partial charge is 0.381 e. The molecule has 0 atom stereocenters. The van der Waals surface area contributed by atoms with Crippen molar-refractivity contribution in [1.82, 2.24) is 5.32 Å². The summed E-state index contributed by atoms with van der Waals surface area (Å²) in [6.45, 7) is 0. The summed E-state index contributed by atoms with van der Waals surface area (Å²) in [5.41, 5.74) is -0.268. The molecule has 2 saturated carbocycles. The van der Waals surface area contributed by atoms with Crippen molar-refractivity contribution in [3.8, 4) is 6.07 Å². The molecule has 3 heteroatoms. The van der Waals surface area contributed by atoms with Gasteiger partial charge < -0.3 is 4.74 Å². The Morgan fingerprint density at radius 1 is 1.36 bits per heavy atom. The molecule has 0 heterocycles. The molecule has 0 aromatic rings. The average Bonchev–Trinajstić information content (AvgIpc) is 2.63. The summed E-state index contributed by atoms with van der Waals surface area (Å²) in [7, 11) is 1.72. The fourth-order valence-electron chi connectivity index (χ4n) is 2.59. The van der Waals surface area contributed by atoms with Crippen LogP contribution in [0.5, 0.6) is 0 Å². The molecule has 0 spiro atoms. The molecule has 0 aromatic carbocycles. The molecule has 0 aliphatic heterocycles. The van der Waals surface area contributed by atoms with E-state index >= 15 is 0 Å². The first-order chi connectivity index (χ1) is 6.78. The molecule has 0 bridgehead atoms. The summed E-state index contributed by atoms with van der Waals surface area (Å²) in [6, 6.07) is 2.99. The van der Waals surface area contributed by atoms with Gasteiger partial charge in [0.05, 0.1) is 12.2 Å². The highest BCUT2D eigenvalue weighted by molar-refractivity contribution is 5.17. The third kappa shape index (κ3) is 1.77. The van der Waals surface area contributed by atoms with Crippen LogP contribution >= 0.6 is 0 Å². The molecule has 2 aliphatic rings. The topological polar surface area (TPSA) is 45.0 Å². The lowest BCUT2D eigenvalue weighted by atomic mass is 9.74. The van der Waals surface area contributed by atoms with Gasteiger partial charge >= 0.3 is 0 Å². The maximum Gasteiger partial charge on any atom is 0.111 e. The molecule has 2 rings (SSSR count). The lowest BCUT2D eigenvalue weighted by molar-refractivity contribution is -0.0114. The van der Waals surface area contributed by atoms with Crippen molar-refractivity contribution in [1.29, 1.82) is 5.26 Å². The number of ether oxygens (including phenoxy) is 1. The first-order valence-corrected chi connectivity index (χ1v) is 5.50. The average molecular weight is 194 g/mol. The van der Waals surface area contributed by atoms with Crippen LogP contribution < -0.4 is 5.32 Å². The maximum absolute atomic E-state index is 9.14. The summed E-state index contributed by atoms with van der Waals surface area (Å²) in [5, 5.41) is 12.6. The van der Waals surface area contributed by atoms with Gasteiger partial charge in [0.25, 0.3) is 0 Å². The monoisotopic (exact) mass is 194 g/mol. The van der Waals surface area contributed by atoms with Gasteiger partial charge in [0, 0.05) is 26.0 Å². The van der Waals surface area contributed by atoms with Gasteiger partial charge in [-0.25, -0.2) is 0 Å². The van der Waals surface area contributed by atoms with Crippen molar-refractivity contribution in [2.45, 2.75) is 56.2 Å². The second-order valence-electron chi connectivity index (χ2n) is 4.59. The third-order valence-corrected chi connectivity index (χ3v) is 3.54. The Labute approximate surface area is 85.4 Å². The SMILES string of the molecule is COC1CC(C#N)(NC2CCCC2)C1. The quantitative estimate of drug-likeness (QED) is 0.742. The lowest BCUT2D eigenvalue weighted by Crippen LogP contribution is -2.59. The summed E-state index contributed by atoms with van der Waals surface area (Å²) in [5.74, 6) is 0. The van der Waals surface area contributed by atoms with Crippen LogP contribution in [0.3, 0.4) is 0 Å². The van der Waals surface area contributed by atoms with Crippen LogP contribution in [0.2, 0.25) is 0 Å². The van der Waals surface area contributed by atoms with Gasteiger partial charge in [0.2, 0.25) is 0 Å². The lowest BCUT2D eigenvalue weighted by Gasteiger charge is -2.43. The normalized spacial score (nSPS) is 37.9. The van der Waals surface area contributed by atoms with Crippen molar-refractivity contribution >= 4 is 0 Å². The predicted octanol–water partition coefficient (Wildman–Crippen LogP) is 1.59. The van der Waals surface area contributed by atoms with E-state index in [1.54, 1.807) is 7.11 Å². The van der Waals surface area contributed by atoms with Gasteiger partial charge in [0.15, 0.2) is 0 Å². The zero-order valence-electron chi connectivity index (χ0n) is 8.75. The van der Waals surface area contributed by atoms with E-state index in [1.807, 2.05) is 0 Å². The molecule has 1 N–H and O–H groups in total. The molecular formula is C11H18N2O. The Balaban J connectivity index is 1.86. The second-order valence-corrected chi connectivity index (χ2v) is 4.59. The number of methoxy groups -OCH3 is 1. The molecule has 3 nitrogen and oxygen atoms in total. The molecule has 14 heavy (non-hydrogen) atoms. The molecular weight excluding hydrogens is 176 g/mol. The van der Waals surface area contributed by atoms with E-state index in [9.17, 15) is 0 Å². The minimum Gasteiger partial charge on any atom is -0.381 e. The fourth-order valence-corrected chi connectivity index (χ4v) is 2.59. The van der Waals surface area contributed by atoms with Crippen molar-refractivity contribution < 1.29 is 4.74 Å². The third-order valence-electron chi connectivity index (χ3n) is 3.54. The Morgan fingerprint density at radius 3 is 2.50 bits per heavy atom. The number of nitrogens with zero attached hydrogens (tertiary/aromatic N) is 1. The van der Waals surface area contributed by atoms with Gasteiger partial charge in [-0.05, 0) is 12.8 Å². The Kier molecular flexibility index (Phi) is 2.76. The van der Waals surface area contributed by atoms with Crippen LogP contribution in [0.25, 0.3) is 0 Å². The van der Waals surface area contributed by atoms with E-state index < -0.39 is 0 Å². The van der Waals surface area contributed by atoms with E-state index in [-0.39, 0.29) is 5.54 Å². The van der Waals surface area contributed by atoms with E-state index in [2.05, 4.69) is 11.4 Å². The van der Waals surface area contributed by atoms with Crippen LogP contribution in [0, 0.1) is 11.3 Å². The summed E-state index contributed by atoms with van der Waals surface area (Å²) >= 11 is 0. The molecule has 78 valence electrons. The molecule has 0 amide bonds. The van der Waals surface area contributed by atoms with Gasteiger partial charge in [-0.2, -0.15) is 5.26 Å². The minimum absolute atomic E-state index is 0.268. The van der Waals surface area contributed by atoms with Crippen LogP contribution in [-0.4, -0.2) is 24.8 Å². The number of rotatable bonds is 3. The zero-order valence-corrected chi connectivity index (χ0v) is 8.75. The molecule has 0 unspecified atom stereocenters. The van der Waals surface area contributed by atoms with Crippen molar-refractivity contribution in [2.75, 3.05) is 7.11 Å². The fraction of sp³-hybridized carbons (Fsp3) is 0.909. The first-order valence-electron chi connectivity index (χ1n) is 5.50. The second kappa shape index (κ2) is 3.88. The maximum atomic E-state index is 9.14.